The molecule has 3 N–H and O–H groups in total. The first kappa shape index (κ1) is 23.1. The fraction of sp³-hybridized carbons (Fsp3) is 0.393. The maximum atomic E-state index is 6.14. The predicted octanol–water partition coefficient (Wildman–Crippen LogP) is 5.85. The largest absolute Gasteiger partial charge is 0.493 e. The third-order valence-corrected chi connectivity index (χ3v) is 6.04. The summed E-state index contributed by atoms with van der Waals surface area (Å²) >= 11 is 0. The molecule has 0 amide bonds. The lowest BCUT2D eigenvalue weighted by Crippen LogP contribution is -2.58. The first-order chi connectivity index (χ1) is 15.7. The van der Waals surface area contributed by atoms with Gasteiger partial charge in [0.25, 0.3) is 0 Å². The molecule has 4 rings (SSSR count). The number of rotatable bonds is 7. The quantitative estimate of drug-likeness (QED) is 0.478. The van der Waals surface area contributed by atoms with Crippen molar-refractivity contribution in [3.05, 3.63) is 72.4 Å². The monoisotopic (exact) mass is 445 g/mol. The molecule has 174 valence electrons. The van der Waals surface area contributed by atoms with Gasteiger partial charge < -0.3 is 20.5 Å². The molecule has 33 heavy (non-hydrogen) atoms. The van der Waals surface area contributed by atoms with Gasteiger partial charge in [-0.15, -0.1) is 0 Å². The standard InChI is InChI=1S/C28H35N3O2/c1-27(2)15-21(16-28(3,4)31-27)19-32-24-11-8-20(9-12-24)18-33-25-7-5-6-22(14-25)23-10-13-26(29)30-17-23/h5-14,17,21,31H,15-16,18-19H2,1-4H3,(H2,29,30). The average Bonchev–Trinajstić information content (AvgIpc) is 2.76. The molecule has 1 aliphatic rings. The van der Waals surface area contributed by atoms with Gasteiger partial charge in [0.2, 0.25) is 0 Å². The van der Waals surface area contributed by atoms with Crippen molar-refractivity contribution in [1.82, 2.24) is 10.3 Å². The highest BCUT2D eigenvalue weighted by atomic mass is 16.5. The molecule has 2 heterocycles. The lowest BCUT2D eigenvalue weighted by molar-refractivity contribution is 0.0935. The second-order valence-corrected chi connectivity index (χ2v) is 10.4. The Morgan fingerprint density at radius 2 is 1.61 bits per heavy atom. The number of nitrogens with zero attached hydrogens (tertiary/aromatic N) is 1. The van der Waals surface area contributed by atoms with Crippen molar-refractivity contribution >= 4 is 5.82 Å². The number of ether oxygens (including phenoxy) is 2. The fourth-order valence-corrected chi connectivity index (χ4v) is 5.06. The zero-order valence-corrected chi connectivity index (χ0v) is 20.1. The Hall–Kier alpha value is -3.05. The van der Waals surface area contributed by atoms with Crippen LogP contribution in [-0.2, 0) is 6.61 Å². The van der Waals surface area contributed by atoms with E-state index in [-0.39, 0.29) is 11.1 Å². The maximum absolute atomic E-state index is 6.14. The third kappa shape index (κ3) is 6.48. The topological polar surface area (TPSA) is 69.4 Å². The zero-order chi connectivity index (χ0) is 23.5. The normalized spacial score (nSPS) is 17.5. The Balaban J connectivity index is 1.30. The molecule has 0 bridgehead atoms. The summed E-state index contributed by atoms with van der Waals surface area (Å²) in [6.45, 7) is 10.4. The smallest absolute Gasteiger partial charge is 0.123 e. The van der Waals surface area contributed by atoms with E-state index < -0.39 is 0 Å². The summed E-state index contributed by atoms with van der Waals surface area (Å²) in [4.78, 5) is 4.17. The SMILES string of the molecule is CC1(C)CC(COc2ccc(COc3cccc(-c4ccc(N)nc4)c3)cc2)CC(C)(C)N1. The first-order valence-corrected chi connectivity index (χ1v) is 11.6. The lowest BCUT2D eigenvalue weighted by Gasteiger charge is -2.46. The molecule has 3 aromatic rings. The van der Waals surface area contributed by atoms with Gasteiger partial charge in [-0.3, -0.25) is 0 Å². The molecule has 1 saturated heterocycles. The minimum atomic E-state index is 0.138. The van der Waals surface area contributed by atoms with Gasteiger partial charge in [0, 0.05) is 22.8 Å². The molecule has 1 aliphatic heterocycles. The molecule has 0 aliphatic carbocycles. The Bertz CT molecular complexity index is 1040. The molecule has 1 fully saturated rings. The van der Waals surface area contributed by atoms with Crippen LogP contribution in [0.2, 0.25) is 0 Å². The summed E-state index contributed by atoms with van der Waals surface area (Å²) in [6.07, 6.45) is 4.01. The van der Waals surface area contributed by atoms with Crippen molar-refractivity contribution in [2.75, 3.05) is 12.3 Å². The summed E-state index contributed by atoms with van der Waals surface area (Å²) in [5.41, 5.74) is 9.13. The molecule has 0 radical (unpaired) electrons. The van der Waals surface area contributed by atoms with E-state index in [0.29, 0.717) is 18.3 Å². The molecule has 0 spiro atoms. The van der Waals surface area contributed by atoms with Crippen molar-refractivity contribution in [2.24, 2.45) is 5.92 Å². The van der Waals surface area contributed by atoms with Crippen LogP contribution in [0.25, 0.3) is 11.1 Å². The van der Waals surface area contributed by atoms with Crippen LogP contribution in [0.5, 0.6) is 11.5 Å². The van der Waals surface area contributed by atoms with E-state index in [1.54, 1.807) is 12.3 Å². The van der Waals surface area contributed by atoms with Gasteiger partial charge in [-0.2, -0.15) is 0 Å². The van der Waals surface area contributed by atoms with Crippen molar-refractivity contribution in [3.8, 4) is 22.6 Å². The number of pyridine rings is 1. The third-order valence-electron chi connectivity index (χ3n) is 6.04. The van der Waals surface area contributed by atoms with Gasteiger partial charge in [-0.25, -0.2) is 4.98 Å². The average molecular weight is 446 g/mol. The van der Waals surface area contributed by atoms with Crippen LogP contribution in [0.1, 0.15) is 46.1 Å². The Labute approximate surface area is 197 Å². The van der Waals surface area contributed by atoms with Crippen LogP contribution in [0.15, 0.2) is 66.9 Å². The van der Waals surface area contributed by atoms with E-state index >= 15 is 0 Å². The van der Waals surface area contributed by atoms with E-state index in [9.17, 15) is 0 Å². The molecule has 5 nitrogen and oxygen atoms in total. The van der Waals surface area contributed by atoms with Gasteiger partial charge in [-0.1, -0.05) is 24.3 Å². The fourth-order valence-electron chi connectivity index (χ4n) is 5.06. The van der Waals surface area contributed by atoms with E-state index in [1.807, 2.05) is 42.5 Å². The minimum Gasteiger partial charge on any atom is -0.493 e. The number of anilines is 1. The Kier molecular flexibility index (Phi) is 6.61. The van der Waals surface area contributed by atoms with Gasteiger partial charge in [-0.05, 0) is 94.0 Å². The van der Waals surface area contributed by atoms with Crippen LogP contribution in [0, 0.1) is 5.92 Å². The molecule has 2 aromatic carbocycles. The number of piperidine rings is 1. The van der Waals surface area contributed by atoms with Crippen molar-refractivity contribution in [3.63, 3.8) is 0 Å². The van der Waals surface area contributed by atoms with Crippen LogP contribution < -0.4 is 20.5 Å². The van der Waals surface area contributed by atoms with E-state index in [1.165, 1.54) is 0 Å². The zero-order valence-electron chi connectivity index (χ0n) is 20.1. The van der Waals surface area contributed by atoms with Crippen molar-refractivity contribution in [1.29, 1.82) is 0 Å². The number of nitrogens with two attached hydrogens (primary N) is 1. The van der Waals surface area contributed by atoms with E-state index in [0.717, 1.165) is 47.6 Å². The van der Waals surface area contributed by atoms with Crippen LogP contribution in [0.4, 0.5) is 5.82 Å². The summed E-state index contributed by atoms with van der Waals surface area (Å²) in [5.74, 6) is 2.79. The van der Waals surface area contributed by atoms with Gasteiger partial charge in [0.1, 0.15) is 23.9 Å². The van der Waals surface area contributed by atoms with Crippen LogP contribution >= 0.6 is 0 Å². The van der Waals surface area contributed by atoms with Gasteiger partial charge in [0.05, 0.1) is 6.61 Å². The Morgan fingerprint density at radius 3 is 2.27 bits per heavy atom. The molecule has 0 atom stereocenters. The van der Waals surface area contributed by atoms with Crippen LogP contribution in [0.3, 0.4) is 0 Å². The highest BCUT2D eigenvalue weighted by Gasteiger charge is 2.37. The first-order valence-electron chi connectivity index (χ1n) is 11.6. The van der Waals surface area contributed by atoms with Crippen molar-refractivity contribution in [2.45, 2.75) is 58.2 Å². The number of aromatic nitrogens is 1. The summed E-state index contributed by atoms with van der Waals surface area (Å²) in [7, 11) is 0. The highest BCUT2D eigenvalue weighted by Crippen LogP contribution is 2.33. The second-order valence-electron chi connectivity index (χ2n) is 10.4. The number of hydrogen-bond donors (Lipinski definition) is 2. The molecule has 0 saturated carbocycles. The maximum Gasteiger partial charge on any atom is 0.123 e. The summed E-state index contributed by atoms with van der Waals surface area (Å²) in [6, 6.07) is 20.0. The van der Waals surface area contributed by atoms with Gasteiger partial charge >= 0.3 is 0 Å². The number of nitrogen functional groups attached to an aromatic ring is 1. The number of hydrogen-bond acceptors (Lipinski definition) is 5. The molecular weight excluding hydrogens is 410 g/mol. The summed E-state index contributed by atoms with van der Waals surface area (Å²) < 4.78 is 12.2. The van der Waals surface area contributed by atoms with Gasteiger partial charge in [0.15, 0.2) is 0 Å². The highest BCUT2D eigenvalue weighted by molar-refractivity contribution is 5.65. The second kappa shape index (κ2) is 9.44. The number of nitrogens with one attached hydrogen (secondary N) is 1. The van der Waals surface area contributed by atoms with Crippen LogP contribution in [-0.4, -0.2) is 22.7 Å². The minimum absolute atomic E-state index is 0.138. The van der Waals surface area contributed by atoms with E-state index in [2.05, 4.69) is 50.1 Å². The molecule has 5 heteroatoms. The molecule has 0 unspecified atom stereocenters. The molecule has 1 aromatic heterocycles. The Morgan fingerprint density at radius 1 is 0.879 bits per heavy atom. The predicted molar refractivity (Wildman–Crippen MR) is 134 cm³/mol. The van der Waals surface area contributed by atoms with E-state index in [4.69, 9.17) is 15.2 Å². The lowest BCUT2D eigenvalue weighted by atomic mass is 9.76. The number of benzene rings is 2. The van der Waals surface area contributed by atoms with Crippen molar-refractivity contribution < 1.29 is 9.47 Å². The molecular formula is C28H35N3O2. The summed E-state index contributed by atoms with van der Waals surface area (Å²) in [5, 5.41) is 3.73.